The van der Waals surface area contributed by atoms with Gasteiger partial charge in [0.25, 0.3) is 5.69 Å². The Balaban J connectivity index is 1.37. The lowest BCUT2D eigenvalue weighted by Gasteiger charge is -2.40. The number of carboxylic acids is 1. The molecule has 1 saturated heterocycles. The molecule has 1 amide bonds. The second kappa shape index (κ2) is 14.6. The van der Waals surface area contributed by atoms with Gasteiger partial charge >= 0.3 is 11.9 Å². The summed E-state index contributed by atoms with van der Waals surface area (Å²) in [6, 6.07) is 28.4. The summed E-state index contributed by atoms with van der Waals surface area (Å²) in [5.41, 5.74) is 3.03. The van der Waals surface area contributed by atoms with E-state index in [4.69, 9.17) is 9.47 Å². The van der Waals surface area contributed by atoms with Gasteiger partial charge < -0.3 is 19.5 Å². The van der Waals surface area contributed by atoms with Crippen molar-refractivity contribution in [3.63, 3.8) is 0 Å². The number of aliphatic carboxylic acids is 1. The minimum Gasteiger partial charge on any atom is -0.480 e. The molecule has 2 aliphatic rings. The lowest BCUT2D eigenvalue weighted by molar-refractivity contribution is -0.385. The Labute approximate surface area is 277 Å². The summed E-state index contributed by atoms with van der Waals surface area (Å²) in [5, 5.41) is 25.5. The summed E-state index contributed by atoms with van der Waals surface area (Å²) < 4.78 is 11.8. The van der Waals surface area contributed by atoms with Gasteiger partial charge in [-0.15, -0.1) is 0 Å². The van der Waals surface area contributed by atoms with Crippen LogP contribution in [0.4, 0.5) is 5.69 Å². The number of hydrogen-bond acceptors (Lipinski definition) is 8. The van der Waals surface area contributed by atoms with Crippen LogP contribution in [0.2, 0.25) is 0 Å². The van der Waals surface area contributed by atoms with E-state index in [1.54, 1.807) is 6.07 Å². The molecule has 2 heterocycles. The third kappa shape index (κ3) is 6.97. The summed E-state index contributed by atoms with van der Waals surface area (Å²) in [4.78, 5) is 53.9. The van der Waals surface area contributed by atoms with E-state index in [0.717, 1.165) is 16.7 Å². The van der Waals surface area contributed by atoms with Crippen LogP contribution in [0.3, 0.4) is 0 Å². The van der Waals surface area contributed by atoms with E-state index in [1.807, 2.05) is 91.0 Å². The van der Waals surface area contributed by atoms with E-state index in [0.29, 0.717) is 12.0 Å². The first-order valence-corrected chi connectivity index (χ1v) is 15.8. The van der Waals surface area contributed by atoms with Gasteiger partial charge in [0, 0.05) is 18.1 Å². The number of morpholine rings is 1. The fourth-order valence-electron chi connectivity index (χ4n) is 6.56. The zero-order chi connectivity index (χ0) is 33.6. The monoisotopic (exact) mass is 649 g/mol. The van der Waals surface area contributed by atoms with Crippen LogP contribution in [0.15, 0.2) is 109 Å². The highest BCUT2D eigenvalue weighted by Gasteiger charge is 2.47. The van der Waals surface area contributed by atoms with Crippen molar-refractivity contribution in [3.05, 3.63) is 147 Å². The third-order valence-corrected chi connectivity index (χ3v) is 8.90. The SMILES string of the molecule is O=C(OC(c1ccccc1)c1ccccc1)[C@H](CCc1ccccc1)N[C@@H]1Cc2c(cccc2[N+](=O)[O-])[C@@H]2COC[C@H](C(=O)O)N2C1=O. The van der Waals surface area contributed by atoms with Crippen LogP contribution in [0.1, 0.15) is 46.4 Å². The third-order valence-electron chi connectivity index (χ3n) is 8.90. The number of rotatable bonds is 11. The quantitative estimate of drug-likeness (QED) is 0.133. The van der Waals surface area contributed by atoms with Crippen LogP contribution < -0.4 is 5.32 Å². The number of aryl methyl sites for hydroxylation is 1. The smallest absolute Gasteiger partial charge is 0.328 e. The van der Waals surface area contributed by atoms with Crippen molar-refractivity contribution in [1.29, 1.82) is 0 Å². The lowest BCUT2D eigenvalue weighted by Crippen LogP contribution is -2.59. The molecule has 0 radical (unpaired) electrons. The van der Waals surface area contributed by atoms with E-state index in [-0.39, 0.29) is 37.3 Å². The number of amides is 1. The molecule has 1 fully saturated rings. The molecular weight excluding hydrogens is 614 g/mol. The van der Waals surface area contributed by atoms with Crippen molar-refractivity contribution in [1.82, 2.24) is 10.2 Å². The summed E-state index contributed by atoms with van der Waals surface area (Å²) in [6.07, 6.45) is -0.181. The van der Waals surface area contributed by atoms with Crippen molar-refractivity contribution >= 4 is 23.5 Å². The number of benzene rings is 4. The van der Waals surface area contributed by atoms with Crippen LogP contribution in [0, 0.1) is 10.1 Å². The molecule has 4 atom stereocenters. The Hall–Kier alpha value is -5.39. The molecule has 4 aromatic rings. The molecule has 0 aromatic heterocycles. The maximum Gasteiger partial charge on any atom is 0.328 e. The van der Waals surface area contributed by atoms with Gasteiger partial charge in [0.15, 0.2) is 12.1 Å². The van der Waals surface area contributed by atoms with Crippen molar-refractivity contribution in [2.24, 2.45) is 0 Å². The molecule has 6 rings (SSSR count). The normalized spacial score (nSPS) is 19.5. The number of carbonyl (C=O) groups excluding carboxylic acids is 2. The fourth-order valence-corrected chi connectivity index (χ4v) is 6.56. The number of hydrogen-bond donors (Lipinski definition) is 2. The predicted octanol–water partition coefficient (Wildman–Crippen LogP) is 4.80. The minimum atomic E-state index is -1.32. The number of nitro groups is 1. The van der Waals surface area contributed by atoms with E-state index in [1.165, 1.54) is 17.0 Å². The number of nitrogens with one attached hydrogen (secondary N) is 1. The first kappa shape index (κ1) is 32.5. The van der Waals surface area contributed by atoms with Gasteiger partial charge in [0.05, 0.1) is 30.2 Å². The largest absolute Gasteiger partial charge is 0.480 e. The zero-order valence-electron chi connectivity index (χ0n) is 26.0. The molecule has 246 valence electrons. The molecule has 11 heteroatoms. The van der Waals surface area contributed by atoms with Crippen molar-refractivity contribution in [2.75, 3.05) is 13.2 Å². The van der Waals surface area contributed by atoms with E-state index in [2.05, 4.69) is 5.32 Å². The molecule has 0 aliphatic carbocycles. The second-order valence-corrected chi connectivity index (χ2v) is 11.9. The molecule has 4 aromatic carbocycles. The maximum atomic E-state index is 14.4. The molecule has 11 nitrogen and oxygen atoms in total. The predicted molar refractivity (Wildman–Crippen MR) is 175 cm³/mol. The highest BCUT2D eigenvalue weighted by molar-refractivity contribution is 5.90. The number of esters is 1. The molecule has 0 bridgehead atoms. The highest BCUT2D eigenvalue weighted by atomic mass is 16.6. The Bertz CT molecular complexity index is 1730. The highest BCUT2D eigenvalue weighted by Crippen LogP contribution is 2.38. The number of nitro benzene ring substituents is 1. The van der Waals surface area contributed by atoms with Crippen molar-refractivity contribution < 1.29 is 33.9 Å². The number of nitrogens with zero attached hydrogens (tertiary/aromatic N) is 2. The van der Waals surface area contributed by atoms with Crippen LogP contribution >= 0.6 is 0 Å². The zero-order valence-corrected chi connectivity index (χ0v) is 26.0. The first-order chi connectivity index (χ1) is 23.3. The van der Waals surface area contributed by atoms with E-state index in [9.17, 15) is 29.6 Å². The lowest BCUT2D eigenvalue weighted by atomic mass is 9.94. The van der Waals surface area contributed by atoms with Crippen molar-refractivity contribution in [3.8, 4) is 0 Å². The average molecular weight is 650 g/mol. The summed E-state index contributed by atoms with van der Waals surface area (Å²) in [6.45, 7) is -0.254. The Kier molecular flexibility index (Phi) is 9.88. The fraction of sp³-hybridized carbons (Fsp3) is 0.270. The number of carboxylic acid groups (broad SMARTS) is 1. The van der Waals surface area contributed by atoms with Crippen LogP contribution in [-0.4, -0.2) is 64.1 Å². The van der Waals surface area contributed by atoms with Gasteiger partial charge in [-0.1, -0.05) is 103 Å². The Morgan fingerprint density at radius 2 is 1.54 bits per heavy atom. The Morgan fingerprint density at radius 3 is 2.15 bits per heavy atom. The van der Waals surface area contributed by atoms with Gasteiger partial charge in [-0.2, -0.15) is 0 Å². The van der Waals surface area contributed by atoms with E-state index >= 15 is 0 Å². The van der Waals surface area contributed by atoms with Crippen LogP contribution in [0.25, 0.3) is 0 Å². The van der Waals surface area contributed by atoms with Crippen LogP contribution in [0.5, 0.6) is 0 Å². The standard InChI is InChI=1S/C37H35N3O8/c41-35-30(21-28-27(17-10-18-31(28)40(45)46)32-22-47-23-33(36(42)43)39(32)35)38-29(20-19-24-11-4-1-5-12-24)37(44)48-34(25-13-6-2-7-14-25)26-15-8-3-9-16-26/h1-18,29-30,32-34,38H,19-23H2,(H,42,43)/t29-,30+,32-,33+/m0/s1. The topological polar surface area (TPSA) is 148 Å². The number of fused-ring (bicyclic) bond motifs is 3. The average Bonchev–Trinajstić information content (AvgIpc) is 3.23. The summed E-state index contributed by atoms with van der Waals surface area (Å²) >= 11 is 0. The number of carbonyl (C=O) groups is 3. The molecule has 48 heavy (non-hydrogen) atoms. The second-order valence-electron chi connectivity index (χ2n) is 11.9. The Morgan fingerprint density at radius 1 is 0.917 bits per heavy atom. The molecule has 2 aliphatic heterocycles. The van der Waals surface area contributed by atoms with Gasteiger partial charge in [-0.05, 0) is 35.1 Å². The van der Waals surface area contributed by atoms with Gasteiger partial charge in [0.1, 0.15) is 6.04 Å². The molecule has 2 N–H and O–H groups in total. The molecule has 0 saturated carbocycles. The van der Waals surface area contributed by atoms with Gasteiger partial charge in [0.2, 0.25) is 5.91 Å². The molecule has 0 unspecified atom stereocenters. The van der Waals surface area contributed by atoms with Gasteiger partial charge in [-0.25, -0.2) is 4.79 Å². The number of ether oxygens (including phenoxy) is 2. The van der Waals surface area contributed by atoms with Gasteiger partial charge in [-0.3, -0.25) is 25.0 Å². The first-order valence-electron chi connectivity index (χ1n) is 15.8. The minimum absolute atomic E-state index is 0.0221. The van der Waals surface area contributed by atoms with Crippen molar-refractivity contribution in [2.45, 2.75) is 49.5 Å². The molecule has 0 spiro atoms. The maximum absolute atomic E-state index is 14.4. The van der Waals surface area contributed by atoms with Crippen LogP contribution in [-0.2, 0) is 36.7 Å². The van der Waals surface area contributed by atoms with E-state index < -0.39 is 53.0 Å². The molecular formula is C37H35N3O8. The summed E-state index contributed by atoms with van der Waals surface area (Å²) in [7, 11) is 0. The summed E-state index contributed by atoms with van der Waals surface area (Å²) in [5.74, 6) is -2.45.